The smallest absolute Gasteiger partial charge is 0.0663 e. The third-order valence-electron chi connectivity index (χ3n) is 3.09. The van der Waals surface area contributed by atoms with Gasteiger partial charge in [0.15, 0.2) is 0 Å². The number of anilines is 1. The Bertz CT molecular complexity index is 352. The fourth-order valence-corrected chi connectivity index (χ4v) is 2.22. The van der Waals surface area contributed by atoms with E-state index < -0.39 is 0 Å². The SMILES string of the molecule is CCN(c1ccc(CN)cc1C)C(C)COC. The lowest BCUT2D eigenvalue weighted by atomic mass is 10.1. The maximum absolute atomic E-state index is 5.65. The number of methoxy groups -OCH3 is 1. The standard InChI is InChI=1S/C14H24N2O/c1-5-16(12(3)10-17-4)14-7-6-13(9-15)8-11(14)2/h6-8,12H,5,9-10,15H2,1-4H3. The van der Waals surface area contributed by atoms with E-state index in [1.54, 1.807) is 7.11 Å². The second-order valence-corrected chi connectivity index (χ2v) is 4.42. The molecule has 0 spiro atoms. The minimum atomic E-state index is 0.382. The van der Waals surface area contributed by atoms with E-state index in [0.29, 0.717) is 12.6 Å². The van der Waals surface area contributed by atoms with Crippen molar-refractivity contribution in [2.45, 2.75) is 33.4 Å². The Morgan fingerprint density at radius 3 is 2.59 bits per heavy atom. The summed E-state index contributed by atoms with van der Waals surface area (Å²) in [4.78, 5) is 2.36. The van der Waals surface area contributed by atoms with Crippen LogP contribution in [0.4, 0.5) is 5.69 Å². The van der Waals surface area contributed by atoms with Crippen LogP contribution in [0.2, 0.25) is 0 Å². The molecule has 17 heavy (non-hydrogen) atoms. The highest BCUT2D eigenvalue weighted by molar-refractivity contribution is 5.55. The van der Waals surface area contributed by atoms with E-state index in [9.17, 15) is 0 Å². The molecule has 0 aromatic heterocycles. The summed E-state index contributed by atoms with van der Waals surface area (Å²) in [5.41, 5.74) is 9.38. The molecule has 0 aliphatic carbocycles. The minimum absolute atomic E-state index is 0.382. The summed E-state index contributed by atoms with van der Waals surface area (Å²) in [6, 6.07) is 6.81. The van der Waals surface area contributed by atoms with Gasteiger partial charge in [0.2, 0.25) is 0 Å². The van der Waals surface area contributed by atoms with Crippen molar-refractivity contribution in [3.05, 3.63) is 29.3 Å². The molecule has 0 fully saturated rings. The highest BCUT2D eigenvalue weighted by Gasteiger charge is 2.14. The molecule has 2 N–H and O–H groups in total. The highest BCUT2D eigenvalue weighted by Crippen LogP contribution is 2.23. The number of nitrogens with zero attached hydrogens (tertiary/aromatic N) is 1. The molecule has 3 heteroatoms. The summed E-state index contributed by atoms with van der Waals surface area (Å²) >= 11 is 0. The molecule has 0 aliphatic heterocycles. The van der Waals surface area contributed by atoms with Gasteiger partial charge in [-0.15, -0.1) is 0 Å². The lowest BCUT2D eigenvalue weighted by Gasteiger charge is -2.31. The molecule has 0 radical (unpaired) electrons. The van der Waals surface area contributed by atoms with Gasteiger partial charge in [0.25, 0.3) is 0 Å². The van der Waals surface area contributed by atoms with Gasteiger partial charge in [0, 0.05) is 31.9 Å². The summed E-state index contributed by atoms with van der Waals surface area (Å²) in [6.45, 7) is 8.81. The molecule has 96 valence electrons. The molecule has 1 unspecified atom stereocenters. The third-order valence-corrected chi connectivity index (χ3v) is 3.09. The van der Waals surface area contributed by atoms with Crippen LogP contribution in [0.1, 0.15) is 25.0 Å². The van der Waals surface area contributed by atoms with Gasteiger partial charge in [-0.25, -0.2) is 0 Å². The fourth-order valence-electron chi connectivity index (χ4n) is 2.22. The minimum Gasteiger partial charge on any atom is -0.383 e. The molecule has 1 aromatic rings. The average Bonchev–Trinajstić information content (AvgIpc) is 2.32. The van der Waals surface area contributed by atoms with Crippen molar-refractivity contribution in [3.8, 4) is 0 Å². The largest absolute Gasteiger partial charge is 0.383 e. The quantitative estimate of drug-likeness (QED) is 0.823. The lowest BCUT2D eigenvalue weighted by Crippen LogP contribution is -2.36. The van der Waals surface area contributed by atoms with Gasteiger partial charge in [0.1, 0.15) is 0 Å². The van der Waals surface area contributed by atoms with Crippen molar-refractivity contribution < 1.29 is 4.74 Å². The van der Waals surface area contributed by atoms with E-state index in [-0.39, 0.29) is 0 Å². The molecule has 3 nitrogen and oxygen atoms in total. The van der Waals surface area contributed by atoms with Crippen LogP contribution in [-0.2, 0) is 11.3 Å². The Morgan fingerprint density at radius 1 is 1.41 bits per heavy atom. The van der Waals surface area contributed by atoms with Crippen LogP contribution < -0.4 is 10.6 Å². The molecular formula is C14H24N2O. The van der Waals surface area contributed by atoms with Crippen molar-refractivity contribution in [2.75, 3.05) is 25.2 Å². The number of aryl methyl sites for hydroxylation is 1. The Hall–Kier alpha value is -1.06. The van der Waals surface area contributed by atoms with Crippen molar-refractivity contribution in [3.63, 3.8) is 0 Å². The van der Waals surface area contributed by atoms with Gasteiger partial charge in [-0.05, 0) is 38.0 Å². The summed E-state index contributed by atoms with van der Waals surface area (Å²) in [6.07, 6.45) is 0. The first-order chi connectivity index (χ1) is 8.13. The molecule has 0 aliphatic rings. The molecule has 1 rings (SSSR count). The first-order valence-electron chi connectivity index (χ1n) is 6.19. The lowest BCUT2D eigenvalue weighted by molar-refractivity contribution is 0.182. The number of likely N-dealkylation sites (N-methyl/N-ethyl adjacent to an activating group) is 1. The maximum Gasteiger partial charge on any atom is 0.0663 e. The van der Waals surface area contributed by atoms with Crippen molar-refractivity contribution >= 4 is 5.69 Å². The number of hydrogen-bond acceptors (Lipinski definition) is 3. The van der Waals surface area contributed by atoms with Crippen LogP contribution in [-0.4, -0.2) is 26.3 Å². The Morgan fingerprint density at radius 2 is 2.12 bits per heavy atom. The summed E-state index contributed by atoms with van der Waals surface area (Å²) in [5.74, 6) is 0. The molecule has 1 atom stereocenters. The van der Waals surface area contributed by atoms with Gasteiger partial charge in [0.05, 0.1) is 6.61 Å². The number of hydrogen-bond donors (Lipinski definition) is 1. The molecule has 0 bridgehead atoms. The first-order valence-corrected chi connectivity index (χ1v) is 6.19. The van der Waals surface area contributed by atoms with E-state index >= 15 is 0 Å². The summed E-state index contributed by atoms with van der Waals surface area (Å²) in [7, 11) is 1.74. The Balaban J connectivity index is 2.95. The van der Waals surface area contributed by atoms with Crippen molar-refractivity contribution in [1.29, 1.82) is 0 Å². The average molecular weight is 236 g/mol. The van der Waals surface area contributed by atoms with Crippen molar-refractivity contribution in [2.24, 2.45) is 5.73 Å². The number of rotatable bonds is 6. The van der Waals surface area contributed by atoms with Gasteiger partial charge in [-0.3, -0.25) is 0 Å². The predicted octanol–water partition coefficient (Wildman–Crippen LogP) is 2.31. The van der Waals surface area contributed by atoms with E-state index in [2.05, 4.69) is 43.9 Å². The highest BCUT2D eigenvalue weighted by atomic mass is 16.5. The van der Waals surface area contributed by atoms with Crippen LogP contribution in [0.25, 0.3) is 0 Å². The van der Waals surface area contributed by atoms with E-state index in [1.807, 2.05) is 0 Å². The second kappa shape index (κ2) is 6.62. The van der Waals surface area contributed by atoms with Crippen LogP contribution in [0.3, 0.4) is 0 Å². The molecule has 0 heterocycles. The summed E-state index contributed by atoms with van der Waals surface area (Å²) in [5, 5.41) is 0. The molecule has 0 amide bonds. The number of benzene rings is 1. The van der Waals surface area contributed by atoms with E-state index in [4.69, 9.17) is 10.5 Å². The number of nitrogens with two attached hydrogens (primary N) is 1. The van der Waals surface area contributed by atoms with Crippen LogP contribution in [0.15, 0.2) is 18.2 Å². The monoisotopic (exact) mass is 236 g/mol. The van der Waals surface area contributed by atoms with Gasteiger partial charge in [-0.1, -0.05) is 12.1 Å². The zero-order valence-electron chi connectivity index (χ0n) is 11.4. The second-order valence-electron chi connectivity index (χ2n) is 4.42. The van der Waals surface area contributed by atoms with E-state index in [1.165, 1.54) is 16.8 Å². The molecule has 0 saturated carbocycles. The number of ether oxygens (including phenoxy) is 1. The van der Waals surface area contributed by atoms with Crippen LogP contribution >= 0.6 is 0 Å². The molecule has 1 aromatic carbocycles. The Kier molecular flexibility index (Phi) is 5.45. The topological polar surface area (TPSA) is 38.5 Å². The summed E-state index contributed by atoms with van der Waals surface area (Å²) < 4.78 is 5.23. The maximum atomic E-state index is 5.65. The molecule has 0 saturated heterocycles. The first kappa shape index (κ1) is 14.0. The zero-order chi connectivity index (χ0) is 12.8. The molecular weight excluding hydrogens is 212 g/mol. The van der Waals surface area contributed by atoms with Crippen LogP contribution in [0, 0.1) is 6.92 Å². The van der Waals surface area contributed by atoms with Gasteiger partial charge in [-0.2, -0.15) is 0 Å². The zero-order valence-corrected chi connectivity index (χ0v) is 11.4. The fraction of sp³-hybridized carbons (Fsp3) is 0.571. The normalized spacial score (nSPS) is 12.5. The predicted molar refractivity (Wildman–Crippen MR) is 73.4 cm³/mol. The van der Waals surface area contributed by atoms with Crippen LogP contribution in [0.5, 0.6) is 0 Å². The van der Waals surface area contributed by atoms with E-state index in [0.717, 1.165) is 13.2 Å². The third kappa shape index (κ3) is 3.45. The van der Waals surface area contributed by atoms with Gasteiger partial charge >= 0.3 is 0 Å². The Labute approximate surface area is 105 Å². The van der Waals surface area contributed by atoms with Gasteiger partial charge < -0.3 is 15.4 Å². The van der Waals surface area contributed by atoms with Crippen molar-refractivity contribution in [1.82, 2.24) is 0 Å².